The Hall–Kier alpha value is -7.42. The zero-order valence-electron chi connectivity index (χ0n) is 32.9. The van der Waals surface area contributed by atoms with Gasteiger partial charge in [0, 0.05) is 27.4 Å². The molecule has 1 aromatic heterocycles. The lowest BCUT2D eigenvalue weighted by Crippen LogP contribution is -2.16. The minimum Gasteiger partial charge on any atom is -0.455 e. The van der Waals surface area contributed by atoms with Gasteiger partial charge in [-0.05, 0) is 102 Å². The third kappa shape index (κ3) is 5.06. The average Bonchev–Trinajstić information content (AvgIpc) is 3.77. The first-order chi connectivity index (χ1) is 29.0. The van der Waals surface area contributed by atoms with E-state index >= 15 is 0 Å². The molecule has 1 aliphatic carbocycles. The Balaban J connectivity index is 1.15. The maximum atomic E-state index is 7.10. The summed E-state index contributed by atoms with van der Waals surface area (Å²) >= 11 is 0. The van der Waals surface area contributed by atoms with Crippen molar-refractivity contribution in [1.82, 2.24) is 0 Å². The van der Waals surface area contributed by atoms with Crippen molar-refractivity contribution in [3.05, 3.63) is 211 Å². The van der Waals surface area contributed by atoms with Crippen LogP contribution in [0.4, 0.5) is 17.1 Å². The van der Waals surface area contributed by atoms with Crippen LogP contribution >= 0.6 is 0 Å². The minimum absolute atomic E-state index is 0.155. The Morgan fingerprint density at radius 1 is 0.407 bits per heavy atom. The van der Waals surface area contributed by atoms with Crippen molar-refractivity contribution in [2.45, 2.75) is 19.3 Å². The molecule has 1 aliphatic rings. The Morgan fingerprint density at radius 3 is 1.85 bits per heavy atom. The van der Waals surface area contributed by atoms with Gasteiger partial charge < -0.3 is 9.32 Å². The zero-order valence-corrected chi connectivity index (χ0v) is 32.9. The summed E-state index contributed by atoms with van der Waals surface area (Å²) in [6.45, 7) is 4.72. The van der Waals surface area contributed by atoms with Crippen LogP contribution in [0.2, 0.25) is 0 Å². The highest BCUT2D eigenvalue weighted by atomic mass is 16.3. The number of benzene rings is 10. The minimum atomic E-state index is -0.155. The molecule has 0 aliphatic heterocycles. The highest BCUT2D eigenvalue weighted by Crippen LogP contribution is 2.53. The second-order valence-electron chi connectivity index (χ2n) is 16.4. The van der Waals surface area contributed by atoms with Crippen LogP contribution in [-0.2, 0) is 5.41 Å². The molecule has 0 N–H and O–H groups in total. The van der Waals surface area contributed by atoms with E-state index in [1.165, 1.54) is 65.7 Å². The van der Waals surface area contributed by atoms with Crippen molar-refractivity contribution in [2.24, 2.45) is 0 Å². The highest BCUT2D eigenvalue weighted by molar-refractivity contribution is 6.23. The fourth-order valence-electron chi connectivity index (χ4n) is 10.00. The van der Waals surface area contributed by atoms with Crippen molar-refractivity contribution in [3.8, 4) is 33.4 Å². The van der Waals surface area contributed by atoms with Crippen molar-refractivity contribution >= 4 is 71.3 Å². The Bertz CT molecular complexity index is 3460. The molecule has 0 saturated carbocycles. The smallest absolute Gasteiger partial charge is 0.143 e. The molecule has 0 spiro atoms. The number of nitrogens with zero attached hydrogens (tertiary/aromatic N) is 1. The van der Waals surface area contributed by atoms with E-state index in [1.54, 1.807) is 0 Å². The predicted octanol–water partition coefficient (Wildman–Crippen LogP) is 16.2. The summed E-state index contributed by atoms with van der Waals surface area (Å²) < 4.78 is 7.10. The molecule has 0 atom stereocenters. The molecule has 0 amide bonds. The second kappa shape index (κ2) is 12.8. The summed E-state index contributed by atoms with van der Waals surface area (Å²) in [5.41, 5.74) is 14.9. The molecule has 11 aromatic rings. The van der Waals surface area contributed by atoms with Crippen LogP contribution in [0.25, 0.3) is 87.6 Å². The number of anilines is 3. The first-order valence-electron chi connectivity index (χ1n) is 20.5. The quantitative estimate of drug-likeness (QED) is 0.163. The third-order valence-electron chi connectivity index (χ3n) is 12.8. The van der Waals surface area contributed by atoms with Gasteiger partial charge in [-0.1, -0.05) is 178 Å². The van der Waals surface area contributed by atoms with Crippen LogP contribution in [0.3, 0.4) is 0 Å². The van der Waals surface area contributed by atoms with Crippen LogP contribution in [0.1, 0.15) is 25.0 Å². The van der Waals surface area contributed by atoms with Gasteiger partial charge in [0.25, 0.3) is 0 Å². The van der Waals surface area contributed by atoms with Gasteiger partial charge in [0.2, 0.25) is 0 Å². The summed E-state index contributed by atoms with van der Waals surface area (Å²) in [5, 5.41) is 9.43. The van der Waals surface area contributed by atoms with Crippen molar-refractivity contribution in [3.63, 3.8) is 0 Å². The second-order valence-corrected chi connectivity index (χ2v) is 16.4. The van der Waals surface area contributed by atoms with Gasteiger partial charge in [-0.2, -0.15) is 0 Å². The molecule has 0 saturated heterocycles. The van der Waals surface area contributed by atoms with Crippen LogP contribution in [0, 0.1) is 0 Å². The SMILES string of the molecule is CC1(C)c2ccccc2-c2ccc(N(c3cc4ccccc4c4ccccc34)c3cccc4oc5c(-c6ccc(-c7ccccc7)cc6)c6ccccc6cc5c34)cc21. The predicted molar refractivity (Wildman–Crippen MR) is 249 cm³/mol. The maximum Gasteiger partial charge on any atom is 0.143 e. The van der Waals surface area contributed by atoms with E-state index in [4.69, 9.17) is 4.42 Å². The van der Waals surface area contributed by atoms with Crippen molar-refractivity contribution in [2.75, 3.05) is 4.90 Å². The summed E-state index contributed by atoms with van der Waals surface area (Å²) in [6.07, 6.45) is 0. The molecular weight excluding hydrogens is 715 g/mol. The Labute approximate surface area is 343 Å². The molecule has 2 heteroatoms. The molecule has 1 heterocycles. The van der Waals surface area contributed by atoms with Gasteiger partial charge in [0.1, 0.15) is 11.2 Å². The van der Waals surface area contributed by atoms with E-state index in [-0.39, 0.29) is 5.41 Å². The molecule has 59 heavy (non-hydrogen) atoms. The number of furan rings is 1. The summed E-state index contributed by atoms with van der Waals surface area (Å²) in [6, 6.07) is 73.1. The van der Waals surface area contributed by atoms with Gasteiger partial charge in [0.05, 0.1) is 16.8 Å². The van der Waals surface area contributed by atoms with Crippen molar-refractivity contribution < 1.29 is 4.42 Å². The first-order valence-corrected chi connectivity index (χ1v) is 20.5. The lowest BCUT2D eigenvalue weighted by Gasteiger charge is -2.30. The van der Waals surface area contributed by atoms with Gasteiger partial charge in [-0.15, -0.1) is 0 Å². The fourth-order valence-corrected chi connectivity index (χ4v) is 10.00. The lowest BCUT2D eigenvalue weighted by molar-refractivity contribution is 0.660. The molecule has 0 unspecified atom stereocenters. The van der Waals surface area contributed by atoms with Crippen LogP contribution in [-0.4, -0.2) is 0 Å². The van der Waals surface area contributed by atoms with Crippen LogP contribution < -0.4 is 4.90 Å². The van der Waals surface area contributed by atoms with Gasteiger partial charge in [-0.25, -0.2) is 0 Å². The topological polar surface area (TPSA) is 16.4 Å². The van der Waals surface area contributed by atoms with Gasteiger partial charge in [-0.3, -0.25) is 0 Å². The lowest BCUT2D eigenvalue weighted by atomic mass is 9.82. The Morgan fingerprint density at radius 2 is 1.03 bits per heavy atom. The van der Waals surface area contributed by atoms with E-state index in [0.717, 1.165) is 50.1 Å². The van der Waals surface area contributed by atoms with E-state index in [9.17, 15) is 0 Å². The van der Waals surface area contributed by atoms with Crippen LogP contribution in [0.5, 0.6) is 0 Å². The highest BCUT2D eigenvalue weighted by Gasteiger charge is 2.36. The molecule has 10 aromatic carbocycles. The molecule has 0 fully saturated rings. The summed E-state index contributed by atoms with van der Waals surface area (Å²) in [4.78, 5) is 2.49. The number of rotatable bonds is 5. The number of hydrogen-bond acceptors (Lipinski definition) is 2. The van der Waals surface area contributed by atoms with E-state index in [0.29, 0.717) is 0 Å². The van der Waals surface area contributed by atoms with Gasteiger partial charge in [0.15, 0.2) is 0 Å². The van der Waals surface area contributed by atoms with E-state index in [2.05, 4.69) is 219 Å². The molecule has 278 valence electrons. The molecular formula is C57H39NO. The normalized spacial score (nSPS) is 13.1. The standard InChI is InChI=1S/C57H39NO/c1-57(2)49-24-13-12-22-45(49)46-32-31-41(35-50(46)57)58(52-34-40-18-6-8-19-42(40)44-21-10-11-23-47(44)52)51-25-14-26-53-55(51)48-33-39-17-7-9-20-43(39)54(56(48)59-53)38-29-27-37(28-30-38)36-15-4-3-5-16-36/h3-35H,1-2H3. The van der Waals surface area contributed by atoms with Gasteiger partial charge >= 0.3 is 0 Å². The molecule has 12 rings (SSSR count). The monoisotopic (exact) mass is 753 g/mol. The van der Waals surface area contributed by atoms with E-state index in [1.807, 2.05) is 0 Å². The van der Waals surface area contributed by atoms with E-state index < -0.39 is 0 Å². The Kier molecular flexibility index (Phi) is 7.31. The molecule has 0 radical (unpaired) electrons. The summed E-state index contributed by atoms with van der Waals surface area (Å²) in [5.74, 6) is 0. The average molecular weight is 754 g/mol. The van der Waals surface area contributed by atoms with Crippen molar-refractivity contribution in [1.29, 1.82) is 0 Å². The van der Waals surface area contributed by atoms with Crippen LogP contribution in [0.15, 0.2) is 205 Å². The number of fused-ring (bicyclic) bond motifs is 10. The third-order valence-corrected chi connectivity index (χ3v) is 12.8. The molecule has 0 bridgehead atoms. The first kappa shape index (κ1) is 33.7. The fraction of sp³-hybridized carbons (Fsp3) is 0.0526. The zero-order chi connectivity index (χ0) is 39.2. The maximum absolute atomic E-state index is 7.10. The number of hydrogen-bond donors (Lipinski definition) is 0. The summed E-state index contributed by atoms with van der Waals surface area (Å²) in [7, 11) is 0. The molecule has 2 nitrogen and oxygen atoms in total. The largest absolute Gasteiger partial charge is 0.455 e.